The van der Waals surface area contributed by atoms with Crippen molar-refractivity contribution in [2.24, 2.45) is 0 Å². The lowest BCUT2D eigenvalue weighted by Crippen LogP contribution is -2.36. The van der Waals surface area contributed by atoms with Crippen LogP contribution in [0.4, 0.5) is 5.69 Å². The Morgan fingerprint density at radius 2 is 2.10 bits per heavy atom. The second kappa shape index (κ2) is 5.21. The van der Waals surface area contributed by atoms with Gasteiger partial charge in [0.1, 0.15) is 0 Å². The highest BCUT2D eigenvalue weighted by Gasteiger charge is 2.26. The van der Waals surface area contributed by atoms with Gasteiger partial charge in [0.05, 0.1) is 12.7 Å². The van der Waals surface area contributed by atoms with Crippen LogP contribution in [0.2, 0.25) is 0 Å². The predicted octanol–water partition coefficient (Wildman–Crippen LogP) is 1.60. The second-order valence-electron chi connectivity index (χ2n) is 4.58. The molecule has 0 saturated carbocycles. The average Bonchev–Trinajstić information content (AvgIpc) is 3.07. The summed E-state index contributed by atoms with van der Waals surface area (Å²) in [5.41, 5.74) is 1.97. The fraction of sp³-hybridized carbons (Fsp3) is 0.200. The summed E-state index contributed by atoms with van der Waals surface area (Å²) in [6.45, 7) is 0.849. The molecular weight excluding hydrogens is 256 g/mol. The minimum atomic E-state index is -0.269. The topological polar surface area (TPSA) is 62.6 Å². The molecule has 0 fully saturated rings. The largest absolute Gasteiger partial charge is 0.459 e. The van der Waals surface area contributed by atoms with Crippen LogP contribution < -0.4 is 10.2 Å². The van der Waals surface area contributed by atoms with Gasteiger partial charge in [-0.25, -0.2) is 0 Å². The molecule has 5 heteroatoms. The van der Waals surface area contributed by atoms with Crippen LogP contribution in [0.25, 0.3) is 0 Å². The van der Waals surface area contributed by atoms with Crippen LogP contribution in [0.15, 0.2) is 47.1 Å². The SMILES string of the molecule is O=C(NCCN1C(=O)Cc2ccccc21)c1ccco1. The van der Waals surface area contributed by atoms with Crippen molar-refractivity contribution in [3.05, 3.63) is 54.0 Å². The Labute approximate surface area is 116 Å². The van der Waals surface area contributed by atoms with Gasteiger partial charge in [-0.1, -0.05) is 18.2 Å². The number of para-hydroxylation sites is 1. The van der Waals surface area contributed by atoms with E-state index >= 15 is 0 Å². The normalized spacial score (nSPS) is 13.4. The lowest BCUT2D eigenvalue weighted by molar-refractivity contribution is -0.117. The average molecular weight is 270 g/mol. The molecule has 0 spiro atoms. The van der Waals surface area contributed by atoms with Crippen LogP contribution in [0.3, 0.4) is 0 Å². The van der Waals surface area contributed by atoms with Gasteiger partial charge in [0.15, 0.2) is 5.76 Å². The van der Waals surface area contributed by atoms with E-state index in [1.54, 1.807) is 17.0 Å². The molecule has 102 valence electrons. The van der Waals surface area contributed by atoms with Gasteiger partial charge in [0.25, 0.3) is 5.91 Å². The van der Waals surface area contributed by atoms with E-state index in [-0.39, 0.29) is 17.6 Å². The molecule has 2 amide bonds. The highest BCUT2D eigenvalue weighted by molar-refractivity contribution is 6.01. The first-order valence-corrected chi connectivity index (χ1v) is 6.45. The van der Waals surface area contributed by atoms with E-state index < -0.39 is 0 Å². The molecule has 3 rings (SSSR count). The number of hydrogen-bond donors (Lipinski definition) is 1. The number of hydrogen-bond acceptors (Lipinski definition) is 3. The Morgan fingerprint density at radius 3 is 2.90 bits per heavy atom. The molecule has 5 nitrogen and oxygen atoms in total. The van der Waals surface area contributed by atoms with Gasteiger partial charge in [-0.05, 0) is 23.8 Å². The van der Waals surface area contributed by atoms with Crippen molar-refractivity contribution in [1.29, 1.82) is 0 Å². The Morgan fingerprint density at radius 1 is 1.25 bits per heavy atom. The van der Waals surface area contributed by atoms with Crippen molar-refractivity contribution in [2.75, 3.05) is 18.0 Å². The van der Waals surface area contributed by atoms with Gasteiger partial charge in [-0.2, -0.15) is 0 Å². The van der Waals surface area contributed by atoms with Gasteiger partial charge < -0.3 is 14.6 Å². The Balaban J connectivity index is 1.59. The number of nitrogens with zero attached hydrogens (tertiary/aromatic N) is 1. The number of carbonyl (C=O) groups excluding carboxylic acids is 2. The molecule has 2 heterocycles. The number of amides is 2. The molecule has 1 N–H and O–H groups in total. The Kier molecular flexibility index (Phi) is 3.25. The fourth-order valence-electron chi connectivity index (χ4n) is 2.34. The quantitative estimate of drug-likeness (QED) is 0.917. The van der Waals surface area contributed by atoms with Gasteiger partial charge in [0.2, 0.25) is 5.91 Å². The summed E-state index contributed by atoms with van der Waals surface area (Å²) < 4.78 is 5.00. The molecule has 0 bridgehead atoms. The maximum absolute atomic E-state index is 11.9. The van der Waals surface area contributed by atoms with Gasteiger partial charge >= 0.3 is 0 Å². The lowest BCUT2D eigenvalue weighted by atomic mass is 10.2. The molecule has 20 heavy (non-hydrogen) atoms. The summed E-state index contributed by atoms with van der Waals surface area (Å²) in [4.78, 5) is 25.3. The molecule has 0 atom stereocenters. The van der Waals surface area contributed by atoms with Gasteiger partial charge in [-0.3, -0.25) is 9.59 Å². The molecule has 1 aromatic heterocycles. The summed E-state index contributed by atoms with van der Waals surface area (Å²) in [7, 11) is 0. The molecule has 2 aromatic rings. The van der Waals surface area contributed by atoms with E-state index in [9.17, 15) is 9.59 Å². The number of rotatable bonds is 4. The number of benzene rings is 1. The van der Waals surface area contributed by atoms with E-state index in [1.165, 1.54) is 6.26 Å². The third-order valence-corrected chi connectivity index (χ3v) is 3.29. The van der Waals surface area contributed by atoms with Crippen molar-refractivity contribution in [1.82, 2.24) is 5.32 Å². The summed E-state index contributed by atoms with van der Waals surface area (Å²) >= 11 is 0. The minimum Gasteiger partial charge on any atom is -0.459 e. The summed E-state index contributed by atoms with van der Waals surface area (Å²) in [6.07, 6.45) is 1.89. The number of furan rings is 1. The van der Waals surface area contributed by atoms with Crippen LogP contribution in [0, 0.1) is 0 Å². The zero-order chi connectivity index (χ0) is 13.9. The van der Waals surface area contributed by atoms with Gasteiger partial charge in [0, 0.05) is 18.8 Å². The van der Waals surface area contributed by atoms with Gasteiger partial charge in [-0.15, -0.1) is 0 Å². The predicted molar refractivity (Wildman–Crippen MR) is 73.5 cm³/mol. The molecule has 1 aliphatic heterocycles. The van der Waals surface area contributed by atoms with Crippen LogP contribution in [-0.4, -0.2) is 24.9 Å². The van der Waals surface area contributed by atoms with Crippen molar-refractivity contribution < 1.29 is 14.0 Å². The van der Waals surface area contributed by atoms with E-state index in [0.29, 0.717) is 19.5 Å². The number of fused-ring (bicyclic) bond motifs is 1. The molecule has 0 unspecified atom stereocenters. The Bertz CT molecular complexity index is 634. The van der Waals surface area contributed by atoms with E-state index in [4.69, 9.17) is 4.42 Å². The maximum Gasteiger partial charge on any atom is 0.287 e. The third kappa shape index (κ3) is 2.30. The van der Waals surface area contributed by atoms with E-state index in [2.05, 4.69) is 5.32 Å². The highest BCUT2D eigenvalue weighted by atomic mass is 16.3. The molecule has 0 radical (unpaired) electrons. The second-order valence-corrected chi connectivity index (χ2v) is 4.58. The van der Waals surface area contributed by atoms with Crippen molar-refractivity contribution in [2.45, 2.75) is 6.42 Å². The number of nitrogens with one attached hydrogen (secondary N) is 1. The van der Waals surface area contributed by atoms with Crippen molar-refractivity contribution in [3.8, 4) is 0 Å². The van der Waals surface area contributed by atoms with Crippen LogP contribution >= 0.6 is 0 Å². The van der Waals surface area contributed by atoms with Crippen LogP contribution in [-0.2, 0) is 11.2 Å². The number of anilines is 1. The molecule has 0 aliphatic carbocycles. The first kappa shape index (κ1) is 12.5. The minimum absolute atomic E-state index is 0.0680. The number of carbonyl (C=O) groups is 2. The lowest BCUT2D eigenvalue weighted by Gasteiger charge is -2.17. The third-order valence-electron chi connectivity index (χ3n) is 3.29. The first-order chi connectivity index (χ1) is 9.75. The zero-order valence-corrected chi connectivity index (χ0v) is 10.8. The van der Waals surface area contributed by atoms with E-state index in [0.717, 1.165) is 11.3 Å². The Hall–Kier alpha value is -2.56. The van der Waals surface area contributed by atoms with Crippen LogP contribution in [0.5, 0.6) is 0 Å². The zero-order valence-electron chi connectivity index (χ0n) is 10.8. The summed E-state index contributed by atoms with van der Waals surface area (Å²) in [6, 6.07) is 11.0. The van der Waals surface area contributed by atoms with Crippen molar-refractivity contribution in [3.63, 3.8) is 0 Å². The standard InChI is InChI=1S/C15H14N2O3/c18-14-10-11-4-1-2-5-12(11)17(14)8-7-16-15(19)13-6-3-9-20-13/h1-6,9H,7-8,10H2,(H,16,19). The smallest absolute Gasteiger partial charge is 0.287 e. The first-order valence-electron chi connectivity index (χ1n) is 6.45. The fourth-order valence-corrected chi connectivity index (χ4v) is 2.34. The van der Waals surface area contributed by atoms with Crippen molar-refractivity contribution >= 4 is 17.5 Å². The maximum atomic E-state index is 11.9. The van der Waals surface area contributed by atoms with E-state index in [1.807, 2.05) is 24.3 Å². The molecule has 1 aliphatic rings. The highest BCUT2D eigenvalue weighted by Crippen LogP contribution is 2.27. The summed E-state index contributed by atoms with van der Waals surface area (Å²) in [5.74, 6) is 0.0755. The molecule has 1 aromatic carbocycles. The monoisotopic (exact) mass is 270 g/mol. The molecule has 0 saturated heterocycles. The summed E-state index contributed by atoms with van der Waals surface area (Å²) in [5, 5.41) is 2.74. The molecular formula is C15H14N2O3. The van der Waals surface area contributed by atoms with Crippen LogP contribution in [0.1, 0.15) is 16.1 Å².